The van der Waals surface area contributed by atoms with Gasteiger partial charge in [-0.15, -0.1) is 0 Å². The second-order valence-corrected chi connectivity index (χ2v) is 5.38. The molecule has 1 unspecified atom stereocenters. The molecular formula is C15H20N2O8. The molecule has 10 nitrogen and oxygen atoms in total. The monoisotopic (exact) mass is 356 g/mol. The summed E-state index contributed by atoms with van der Waals surface area (Å²) in [4.78, 5) is 48.7. The van der Waals surface area contributed by atoms with E-state index in [2.05, 4.69) is 4.98 Å². The largest absolute Gasteiger partial charge is 0.455 e. The van der Waals surface area contributed by atoms with Gasteiger partial charge in [-0.2, -0.15) is 0 Å². The van der Waals surface area contributed by atoms with Crippen molar-refractivity contribution in [1.82, 2.24) is 9.55 Å². The molecule has 0 aliphatic carbocycles. The summed E-state index contributed by atoms with van der Waals surface area (Å²) in [6.45, 7) is 2.65. The quantitative estimate of drug-likeness (QED) is 0.624. The molecule has 10 heteroatoms. The SMILES string of the molecule is CCC(=O)OC1[C@@H](CO)O[C@@H](n2ccc(=O)[nH]c2=O)[C@H]1OC(=O)CC. The molecule has 1 fully saturated rings. The number of aromatic nitrogens is 2. The smallest absolute Gasteiger partial charge is 0.330 e. The first-order chi connectivity index (χ1) is 11.9. The van der Waals surface area contributed by atoms with Crippen LogP contribution in [-0.4, -0.2) is 51.5 Å². The molecule has 2 rings (SSSR count). The lowest BCUT2D eigenvalue weighted by Gasteiger charge is -2.24. The maximum atomic E-state index is 12.0. The molecule has 138 valence electrons. The third-order valence-corrected chi connectivity index (χ3v) is 3.70. The molecule has 1 aliphatic heterocycles. The average molecular weight is 356 g/mol. The van der Waals surface area contributed by atoms with E-state index in [9.17, 15) is 24.3 Å². The predicted octanol–water partition coefficient (Wildman–Crippen LogP) is -0.930. The van der Waals surface area contributed by atoms with Gasteiger partial charge < -0.3 is 19.3 Å². The summed E-state index contributed by atoms with van der Waals surface area (Å²) in [5.74, 6) is -1.16. The third-order valence-electron chi connectivity index (χ3n) is 3.70. The van der Waals surface area contributed by atoms with Crippen LogP contribution in [0.25, 0.3) is 0 Å². The lowest BCUT2D eigenvalue weighted by atomic mass is 10.1. The molecule has 4 atom stereocenters. The van der Waals surface area contributed by atoms with Crippen molar-refractivity contribution < 1.29 is 28.9 Å². The summed E-state index contributed by atoms with van der Waals surface area (Å²) in [5, 5.41) is 9.51. The van der Waals surface area contributed by atoms with Crippen molar-refractivity contribution in [3.63, 3.8) is 0 Å². The summed E-state index contributed by atoms with van der Waals surface area (Å²) in [5.41, 5.74) is -1.39. The number of rotatable bonds is 6. The summed E-state index contributed by atoms with van der Waals surface area (Å²) < 4.78 is 17.1. The number of H-pyrrole nitrogens is 1. The molecule has 0 amide bonds. The molecular weight excluding hydrogens is 336 g/mol. The minimum atomic E-state index is -1.16. The predicted molar refractivity (Wildman–Crippen MR) is 82.7 cm³/mol. The first kappa shape index (κ1) is 18.9. The van der Waals surface area contributed by atoms with Crippen LogP contribution < -0.4 is 11.2 Å². The Hall–Kier alpha value is -2.46. The number of hydrogen-bond donors (Lipinski definition) is 2. The van der Waals surface area contributed by atoms with E-state index >= 15 is 0 Å². The summed E-state index contributed by atoms with van der Waals surface area (Å²) in [7, 11) is 0. The van der Waals surface area contributed by atoms with Crippen LogP contribution >= 0.6 is 0 Å². The first-order valence-electron chi connectivity index (χ1n) is 7.88. The van der Waals surface area contributed by atoms with Gasteiger partial charge in [0.1, 0.15) is 6.10 Å². The minimum Gasteiger partial charge on any atom is -0.455 e. The van der Waals surface area contributed by atoms with Crippen LogP contribution in [0.2, 0.25) is 0 Å². The number of aromatic amines is 1. The molecule has 1 aromatic heterocycles. The molecule has 25 heavy (non-hydrogen) atoms. The van der Waals surface area contributed by atoms with Gasteiger partial charge in [-0.3, -0.25) is 23.9 Å². The Morgan fingerprint density at radius 2 is 1.80 bits per heavy atom. The van der Waals surface area contributed by atoms with E-state index in [4.69, 9.17) is 14.2 Å². The van der Waals surface area contributed by atoms with E-state index < -0.39 is 54.3 Å². The Kier molecular flexibility index (Phi) is 6.10. The first-order valence-corrected chi connectivity index (χ1v) is 7.88. The van der Waals surface area contributed by atoms with Gasteiger partial charge in [0, 0.05) is 25.1 Å². The number of nitrogens with zero attached hydrogens (tertiary/aromatic N) is 1. The highest BCUT2D eigenvalue weighted by Crippen LogP contribution is 2.33. The number of ether oxygens (including phenoxy) is 3. The van der Waals surface area contributed by atoms with Gasteiger partial charge in [-0.25, -0.2) is 4.79 Å². The highest BCUT2D eigenvalue weighted by Gasteiger charge is 2.50. The molecule has 0 bridgehead atoms. The van der Waals surface area contributed by atoms with Gasteiger partial charge in [0.2, 0.25) is 0 Å². The number of nitrogens with one attached hydrogen (secondary N) is 1. The molecule has 1 aliphatic rings. The van der Waals surface area contributed by atoms with Crippen molar-refractivity contribution in [3.8, 4) is 0 Å². The number of aliphatic hydroxyl groups is 1. The summed E-state index contributed by atoms with van der Waals surface area (Å²) in [6, 6.07) is 1.10. The molecule has 2 heterocycles. The molecule has 0 radical (unpaired) electrons. The maximum Gasteiger partial charge on any atom is 0.330 e. The van der Waals surface area contributed by atoms with Crippen LogP contribution in [0, 0.1) is 0 Å². The van der Waals surface area contributed by atoms with Crippen molar-refractivity contribution >= 4 is 11.9 Å². The van der Waals surface area contributed by atoms with Crippen LogP contribution in [-0.2, 0) is 23.8 Å². The molecule has 0 spiro atoms. The van der Waals surface area contributed by atoms with Crippen molar-refractivity contribution in [1.29, 1.82) is 0 Å². The number of carbonyl (C=O) groups is 2. The Morgan fingerprint density at radius 3 is 2.32 bits per heavy atom. The van der Waals surface area contributed by atoms with Crippen LogP contribution in [0.3, 0.4) is 0 Å². The fourth-order valence-electron chi connectivity index (χ4n) is 2.44. The van der Waals surface area contributed by atoms with Crippen molar-refractivity contribution in [2.75, 3.05) is 6.61 Å². The third kappa shape index (κ3) is 4.15. The summed E-state index contributed by atoms with van der Waals surface area (Å²) >= 11 is 0. The van der Waals surface area contributed by atoms with Gasteiger partial charge in [-0.05, 0) is 0 Å². The second kappa shape index (κ2) is 8.08. The van der Waals surface area contributed by atoms with Crippen molar-refractivity contribution in [2.24, 2.45) is 0 Å². The number of aliphatic hydroxyl groups excluding tert-OH is 1. The van der Waals surface area contributed by atoms with E-state index in [1.807, 2.05) is 0 Å². The van der Waals surface area contributed by atoms with Gasteiger partial charge >= 0.3 is 17.6 Å². The highest BCUT2D eigenvalue weighted by atomic mass is 16.6. The molecule has 1 saturated heterocycles. The average Bonchev–Trinajstić information content (AvgIpc) is 2.92. The van der Waals surface area contributed by atoms with E-state index in [0.29, 0.717) is 0 Å². The maximum absolute atomic E-state index is 12.0. The Morgan fingerprint density at radius 1 is 1.20 bits per heavy atom. The topological polar surface area (TPSA) is 137 Å². The Balaban J connectivity index is 2.41. The van der Waals surface area contributed by atoms with Crippen LogP contribution in [0.5, 0.6) is 0 Å². The van der Waals surface area contributed by atoms with Crippen LogP contribution in [0.1, 0.15) is 32.9 Å². The van der Waals surface area contributed by atoms with E-state index in [0.717, 1.165) is 10.6 Å². The number of esters is 2. The Bertz CT molecular complexity index is 740. The zero-order valence-electron chi connectivity index (χ0n) is 13.8. The van der Waals surface area contributed by atoms with Gasteiger partial charge in [-0.1, -0.05) is 13.8 Å². The number of hydrogen-bond acceptors (Lipinski definition) is 8. The lowest BCUT2D eigenvalue weighted by Crippen LogP contribution is -2.42. The highest BCUT2D eigenvalue weighted by molar-refractivity contribution is 5.70. The molecule has 2 N–H and O–H groups in total. The second-order valence-electron chi connectivity index (χ2n) is 5.38. The zero-order valence-corrected chi connectivity index (χ0v) is 13.8. The lowest BCUT2D eigenvalue weighted by molar-refractivity contribution is -0.168. The summed E-state index contributed by atoms with van der Waals surface area (Å²) in [6.07, 6.45) is -3.08. The van der Waals surface area contributed by atoms with Crippen LogP contribution in [0.15, 0.2) is 21.9 Å². The molecule has 0 aromatic carbocycles. The van der Waals surface area contributed by atoms with Crippen LogP contribution in [0.4, 0.5) is 0 Å². The standard InChI is InChI=1S/C15H20N2O8/c1-3-10(20)24-12-8(7-18)23-14(13(12)25-11(21)4-2)17-6-5-9(19)16-15(17)22/h5-6,8,12-14,18H,3-4,7H2,1-2H3,(H,16,19,22)/t8-,12?,13+,14-/m1/s1. The van der Waals surface area contributed by atoms with Gasteiger partial charge in [0.15, 0.2) is 18.4 Å². The van der Waals surface area contributed by atoms with E-state index in [-0.39, 0.29) is 12.8 Å². The van der Waals surface area contributed by atoms with E-state index in [1.165, 1.54) is 6.20 Å². The molecule has 1 aromatic rings. The van der Waals surface area contributed by atoms with Gasteiger partial charge in [0.05, 0.1) is 6.61 Å². The van der Waals surface area contributed by atoms with Crippen molar-refractivity contribution in [2.45, 2.75) is 51.2 Å². The van der Waals surface area contributed by atoms with Crippen molar-refractivity contribution in [3.05, 3.63) is 33.1 Å². The number of carbonyl (C=O) groups excluding carboxylic acids is 2. The minimum absolute atomic E-state index is 0.0575. The van der Waals surface area contributed by atoms with E-state index in [1.54, 1.807) is 13.8 Å². The fraction of sp³-hybridized carbons (Fsp3) is 0.600. The zero-order chi connectivity index (χ0) is 18.6. The van der Waals surface area contributed by atoms with Gasteiger partial charge in [0.25, 0.3) is 5.56 Å². The molecule has 0 saturated carbocycles. The Labute approximate surface area is 142 Å². The fourth-order valence-corrected chi connectivity index (χ4v) is 2.44. The normalized spacial score (nSPS) is 25.6.